The Balaban J connectivity index is 2.09. The monoisotopic (exact) mass is 260 g/mol. The molecule has 100 valence electrons. The van der Waals surface area contributed by atoms with Crippen molar-refractivity contribution in [1.82, 2.24) is 0 Å². The zero-order valence-electron chi connectivity index (χ0n) is 10.5. The Morgan fingerprint density at radius 3 is 2.89 bits per heavy atom. The minimum absolute atomic E-state index is 0.429. The smallest absolute Gasteiger partial charge is 0.261 e. The molecular formula is C14H16N2O3. The molecule has 0 spiro atoms. The average Bonchev–Trinajstić information content (AvgIpc) is 2.72. The molecule has 5 heteroatoms. The summed E-state index contributed by atoms with van der Waals surface area (Å²) in [6, 6.07) is 7.12. The van der Waals surface area contributed by atoms with E-state index in [1.54, 1.807) is 18.2 Å². The summed E-state index contributed by atoms with van der Waals surface area (Å²) in [5.41, 5.74) is 0.116. The van der Waals surface area contributed by atoms with Crippen molar-refractivity contribution in [3.63, 3.8) is 0 Å². The number of carbonyl (C=O) groups excluding carboxylic acids is 1. The molecule has 5 nitrogen and oxygen atoms in total. The van der Waals surface area contributed by atoms with Crippen molar-refractivity contribution < 1.29 is 15.1 Å². The third-order valence-corrected chi connectivity index (χ3v) is 4.14. The van der Waals surface area contributed by atoms with Gasteiger partial charge in [-0.25, -0.2) is 0 Å². The number of carbonyl (C=O) groups is 1. The number of rotatable bonds is 1. The molecule has 3 N–H and O–H groups in total. The normalized spacial score (nSPS) is 32.2. The van der Waals surface area contributed by atoms with Crippen molar-refractivity contribution in [3.05, 3.63) is 29.8 Å². The van der Waals surface area contributed by atoms with Gasteiger partial charge in [-0.2, -0.15) is 0 Å². The van der Waals surface area contributed by atoms with Crippen LogP contribution in [0.1, 0.15) is 31.2 Å². The number of benzene rings is 1. The van der Waals surface area contributed by atoms with Crippen molar-refractivity contribution in [2.24, 2.45) is 11.1 Å². The topological polar surface area (TPSA) is 81.9 Å². The van der Waals surface area contributed by atoms with E-state index in [4.69, 9.17) is 5.21 Å². The first-order valence-corrected chi connectivity index (χ1v) is 6.52. The molecule has 2 aliphatic rings. The summed E-state index contributed by atoms with van der Waals surface area (Å²) in [7, 11) is 0. The molecule has 1 aromatic carbocycles. The molecule has 19 heavy (non-hydrogen) atoms. The van der Waals surface area contributed by atoms with Gasteiger partial charge in [0.15, 0.2) is 5.60 Å². The van der Waals surface area contributed by atoms with Crippen LogP contribution in [0.4, 0.5) is 5.69 Å². The molecule has 0 unspecified atom stereocenters. The molecule has 1 heterocycles. The number of amides is 1. The summed E-state index contributed by atoms with van der Waals surface area (Å²) < 4.78 is 0. The van der Waals surface area contributed by atoms with Gasteiger partial charge in [-0.1, -0.05) is 29.8 Å². The van der Waals surface area contributed by atoms with Crippen molar-refractivity contribution in [3.8, 4) is 0 Å². The standard InChI is InChI=1S/C14H16N2O3/c17-13-14(18,9-5-1-3-7-11(9)15-13)10-6-2-4-8-12(10)16-19/h1,3,5,7,10,18-19H,2,4,6,8H2,(H,15,17)/b16-12-/t10-,14+/m0/s1. The molecule has 1 aromatic rings. The Morgan fingerprint density at radius 1 is 1.32 bits per heavy atom. The summed E-state index contributed by atoms with van der Waals surface area (Å²) in [4.78, 5) is 12.2. The Kier molecular flexibility index (Phi) is 2.78. The average molecular weight is 260 g/mol. The van der Waals surface area contributed by atoms with E-state index < -0.39 is 17.4 Å². The fourth-order valence-corrected chi connectivity index (χ4v) is 3.18. The fraction of sp³-hybridized carbons (Fsp3) is 0.429. The maximum absolute atomic E-state index is 12.2. The molecule has 1 aliphatic heterocycles. The number of nitrogens with one attached hydrogen (secondary N) is 1. The lowest BCUT2D eigenvalue weighted by Crippen LogP contribution is -2.46. The third-order valence-electron chi connectivity index (χ3n) is 4.14. The minimum Gasteiger partial charge on any atom is -0.411 e. The van der Waals surface area contributed by atoms with Gasteiger partial charge in [0.05, 0.1) is 5.71 Å². The lowest BCUT2D eigenvalue weighted by Gasteiger charge is -2.34. The number of aliphatic hydroxyl groups is 1. The first-order valence-electron chi connectivity index (χ1n) is 6.52. The van der Waals surface area contributed by atoms with Gasteiger partial charge in [0.25, 0.3) is 5.91 Å². The molecule has 0 saturated heterocycles. The van der Waals surface area contributed by atoms with Crippen LogP contribution >= 0.6 is 0 Å². The van der Waals surface area contributed by atoms with E-state index in [-0.39, 0.29) is 0 Å². The predicted octanol–water partition coefficient (Wildman–Crippen LogP) is 1.85. The highest BCUT2D eigenvalue weighted by molar-refractivity contribution is 6.08. The summed E-state index contributed by atoms with van der Waals surface area (Å²) in [6.07, 6.45) is 3.12. The SMILES string of the molecule is O=C1Nc2ccccc2[C@@]1(O)[C@H]1CCCC/C1=N/O. The van der Waals surface area contributed by atoms with Gasteiger partial charge in [-0.15, -0.1) is 0 Å². The van der Waals surface area contributed by atoms with E-state index in [1.165, 1.54) is 0 Å². The van der Waals surface area contributed by atoms with Gasteiger partial charge in [0, 0.05) is 17.2 Å². The van der Waals surface area contributed by atoms with E-state index in [2.05, 4.69) is 10.5 Å². The largest absolute Gasteiger partial charge is 0.411 e. The van der Waals surface area contributed by atoms with Crippen LogP contribution in [0.2, 0.25) is 0 Å². The van der Waals surface area contributed by atoms with Crippen LogP contribution in [0, 0.1) is 5.92 Å². The number of oxime groups is 1. The van der Waals surface area contributed by atoms with Crippen LogP contribution in [-0.2, 0) is 10.4 Å². The molecule has 0 bridgehead atoms. The van der Waals surface area contributed by atoms with Crippen molar-refractivity contribution >= 4 is 17.3 Å². The second-order valence-corrected chi connectivity index (χ2v) is 5.16. The molecule has 1 amide bonds. The minimum atomic E-state index is -1.61. The fourth-order valence-electron chi connectivity index (χ4n) is 3.18. The van der Waals surface area contributed by atoms with Gasteiger partial charge in [-0.05, 0) is 25.3 Å². The van der Waals surface area contributed by atoms with E-state index in [0.29, 0.717) is 29.8 Å². The van der Waals surface area contributed by atoms with Crippen LogP contribution in [-0.4, -0.2) is 21.9 Å². The lowest BCUT2D eigenvalue weighted by atomic mass is 9.73. The first kappa shape index (κ1) is 12.2. The van der Waals surface area contributed by atoms with Crippen LogP contribution in [0.5, 0.6) is 0 Å². The third kappa shape index (κ3) is 1.65. The van der Waals surface area contributed by atoms with E-state index in [0.717, 1.165) is 12.8 Å². The van der Waals surface area contributed by atoms with E-state index in [1.807, 2.05) is 6.07 Å². The quantitative estimate of drug-likeness (QED) is 0.532. The number of hydrogen-bond donors (Lipinski definition) is 3. The molecular weight excluding hydrogens is 244 g/mol. The maximum atomic E-state index is 12.2. The number of para-hydroxylation sites is 1. The van der Waals surface area contributed by atoms with Gasteiger partial charge < -0.3 is 15.6 Å². The highest BCUT2D eigenvalue weighted by atomic mass is 16.4. The van der Waals surface area contributed by atoms with Gasteiger partial charge in [0.2, 0.25) is 0 Å². The zero-order valence-corrected chi connectivity index (χ0v) is 10.5. The van der Waals surface area contributed by atoms with Gasteiger partial charge in [0.1, 0.15) is 0 Å². The van der Waals surface area contributed by atoms with E-state index >= 15 is 0 Å². The Morgan fingerprint density at radius 2 is 2.11 bits per heavy atom. The zero-order chi connectivity index (χ0) is 13.5. The lowest BCUT2D eigenvalue weighted by molar-refractivity contribution is -0.137. The predicted molar refractivity (Wildman–Crippen MR) is 70.1 cm³/mol. The first-order chi connectivity index (χ1) is 9.17. The van der Waals surface area contributed by atoms with Crippen molar-refractivity contribution in [2.75, 3.05) is 5.32 Å². The van der Waals surface area contributed by atoms with Crippen LogP contribution in [0.3, 0.4) is 0 Å². The second kappa shape index (κ2) is 4.35. The van der Waals surface area contributed by atoms with Gasteiger partial charge in [-0.3, -0.25) is 4.79 Å². The van der Waals surface area contributed by atoms with Crippen LogP contribution < -0.4 is 5.32 Å². The Labute approximate surface area is 110 Å². The number of anilines is 1. The van der Waals surface area contributed by atoms with Crippen molar-refractivity contribution in [1.29, 1.82) is 0 Å². The molecule has 3 rings (SSSR count). The molecule has 1 fully saturated rings. The van der Waals surface area contributed by atoms with Gasteiger partial charge >= 0.3 is 0 Å². The number of fused-ring (bicyclic) bond motifs is 1. The van der Waals surface area contributed by atoms with Crippen LogP contribution in [0.15, 0.2) is 29.4 Å². The summed E-state index contributed by atoms with van der Waals surface area (Å²) in [6.45, 7) is 0. The molecule has 1 saturated carbocycles. The summed E-state index contributed by atoms with van der Waals surface area (Å²) >= 11 is 0. The highest BCUT2D eigenvalue weighted by Crippen LogP contribution is 2.45. The molecule has 2 atom stereocenters. The number of nitrogens with zero attached hydrogens (tertiary/aromatic N) is 1. The molecule has 0 radical (unpaired) electrons. The van der Waals surface area contributed by atoms with Crippen molar-refractivity contribution in [2.45, 2.75) is 31.3 Å². The summed E-state index contributed by atoms with van der Waals surface area (Å²) in [5.74, 6) is -0.878. The number of hydrogen-bond acceptors (Lipinski definition) is 4. The molecule has 1 aliphatic carbocycles. The molecule has 0 aromatic heterocycles. The maximum Gasteiger partial charge on any atom is 0.261 e. The summed E-state index contributed by atoms with van der Waals surface area (Å²) in [5, 5.41) is 26.1. The second-order valence-electron chi connectivity index (χ2n) is 5.16. The highest BCUT2D eigenvalue weighted by Gasteiger charge is 2.53. The van der Waals surface area contributed by atoms with Crippen LogP contribution in [0.25, 0.3) is 0 Å². The van der Waals surface area contributed by atoms with E-state index in [9.17, 15) is 9.90 Å². The Hall–Kier alpha value is -1.88. The Bertz CT molecular complexity index is 555.